The van der Waals surface area contributed by atoms with E-state index in [2.05, 4.69) is 47.3 Å². The Bertz CT molecular complexity index is 1160. The van der Waals surface area contributed by atoms with Crippen molar-refractivity contribution in [2.24, 2.45) is 0 Å². The predicted octanol–water partition coefficient (Wildman–Crippen LogP) is 4.13. The lowest BCUT2D eigenvalue weighted by atomic mass is 10.1. The van der Waals surface area contributed by atoms with Gasteiger partial charge in [-0.25, -0.2) is 4.98 Å². The van der Waals surface area contributed by atoms with Crippen molar-refractivity contribution >= 4 is 34.6 Å². The Morgan fingerprint density at radius 1 is 1.27 bits per heavy atom. The van der Waals surface area contributed by atoms with Crippen LogP contribution < -0.4 is 5.32 Å². The number of hydrogen-bond acceptors (Lipinski definition) is 3. The molecule has 0 saturated carbocycles. The summed E-state index contributed by atoms with van der Waals surface area (Å²) in [6.45, 7) is 4.68. The molecule has 3 heterocycles. The first-order chi connectivity index (χ1) is 14.4. The number of aromatic nitrogens is 2. The minimum absolute atomic E-state index is 0.00353. The zero-order valence-electron chi connectivity index (χ0n) is 17.6. The van der Waals surface area contributed by atoms with Crippen molar-refractivity contribution in [3.05, 3.63) is 64.5 Å². The van der Waals surface area contributed by atoms with Crippen LogP contribution in [0.5, 0.6) is 0 Å². The standard InChI is InChI=1S/C24H26N4O2/c1-15-6-4-8-19-16(2)20(26-23(15)19)14-28(3)22(30)11-10-17-12-18-7-5-9-21(29)27-24(18)25-13-17/h4,6,8,10-13,26H,5,7,9,14H2,1-3H3,(H,25,27,29). The fraction of sp³-hybridized carbons (Fsp3) is 0.292. The molecule has 0 saturated heterocycles. The van der Waals surface area contributed by atoms with Gasteiger partial charge in [0.1, 0.15) is 5.82 Å². The number of aryl methyl sites for hydroxylation is 3. The Morgan fingerprint density at radius 2 is 2.10 bits per heavy atom. The van der Waals surface area contributed by atoms with Crippen molar-refractivity contribution in [3.8, 4) is 0 Å². The highest BCUT2D eigenvalue weighted by Crippen LogP contribution is 2.25. The molecule has 154 valence electrons. The van der Waals surface area contributed by atoms with Gasteiger partial charge in [0.15, 0.2) is 0 Å². The summed E-state index contributed by atoms with van der Waals surface area (Å²) in [6.07, 6.45) is 7.15. The lowest BCUT2D eigenvalue weighted by molar-refractivity contribution is -0.125. The maximum absolute atomic E-state index is 12.6. The van der Waals surface area contributed by atoms with E-state index in [4.69, 9.17) is 0 Å². The van der Waals surface area contributed by atoms with Crippen molar-refractivity contribution in [1.82, 2.24) is 14.9 Å². The fourth-order valence-electron chi connectivity index (χ4n) is 3.88. The Kier molecular flexibility index (Phi) is 5.40. The molecule has 0 bridgehead atoms. The van der Waals surface area contributed by atoms with Gasteiger partial charge >= 0.3 is 0 Å². The lowest BCUT2D eigenvalue weighted by Crippen LogP contribution is -2.24. The van der Waals surface area contributed by atoms with Crippen molar-refractivity contribution in [2.75, 3.05) is 12.4 Å². The maximum atomic E-state index is 12.6. The normalized spacial score (nSPS) is 13.9. The summed E-state index contributed by atoms with van der Waals surface area (Å²) in [4.78, 5) is 33.8. The van der Waals surface area contributed by atoms with Crippen LogP contribution in [0.25, 0.3) is 17.0 Å². The molecule has 4 rings (SSSR count). The number of likely N-dealkylation sites (N-methyl/N-ethyl adjacent to an activating group) is 1. The summed E-state index contributed by atoms with van der Waals surface area (Å²) in [5, 5.41) is 4.03. The van der Waals surface area contributed by atoms with Gasteiger partial charge in [-0.3, -0.25) is 9.59 Å². The Hall–Kier alpha value is -3.41. The molecule has 30 heavy (non-hydrogen) atoms. The highest BCUT2D eigenvalue weighted by Gasteiger charge is 2.15. The zero-order chi connectivity index (χ0) is 21.3. The van der Waals surface area contributed by atoms with E-state index in [0.29, 0.717) is 18.8 Å². The summed E-state index contributed by atoms with van der Waals surface area (Å²) in [5.74, 6) is 0.555. The highest BCUT2D eigenvalue weighted by molar-refractivity contribution is 5.93. The Morgan fingerprint density at radius 3 is 2.90 bits per heavy atom. The number of pyridine rings is 1. The molecule has 0 atom stereocenters. The molecule has 0 aliphatic carbocycles. The Labute approximate surface area is 176 Å². The number of carbonyl (C=O) groups is 2. The SMILES string of the molecule is Cc1c(CN(C)C(=O)C=Cc2cnc3c(c2)CCCC(=O)N3)[nH]c2c(C)cccc12. The second-order valence-corrected chi connectivity index (χ2v) is 7.93. The van der Waals surface area contributed by atoms with Crippen molar-refractivity contribution < 1.29 is 9.59 Å². The quantitative estimate of drug-likeness (QED) is 0.644. The van der Waals surface area contributed by atoms with E-state index in [1.165, 1.54) is 16.5 Å². The Balaban J connectivity index is 1.47. The number of benzene rings is 1. The van der Waals surface area contributed by atoms with Gasteiger partial charge in [-0.1, -0.05) is 18.2 Å². The summed E-state index contributed by atoms with van der Waals surface area (Å²) in [6, 6.07) is 8.23. The van der Waals surface area contributed by atoms with Crippen LogP contribution in [0.3, 0.4) is 0 Å². The van der Waals surface area contributed by atoms with Crippen molar-refractivity contribution in [2.45, 2.75) is 39.7 Å². The number of hydrogen-bond donors (Lipinski definition) is 2. The van der Waals surface area contributed by atoms with Gasteiger partial charge in [0, 0.05) is 42.3 Å². The van der Waals surface area contributed by atoms with E-state index in [1.54, 1.807) is 30.3 Å². The van der Waals surface area contributed by atoms with Crippen LogP contribution in [0.1, 0.15) is 40.8 Å². The van der Waals surface area contributed by atoms with Crippen molar-refractivity contribution in [1.29, 1.82) is 0 Å². The summed E-state index contributed by atoms with van der Waals surface area (Å²) in [7, 11) is 1.80. The average Bonchev–Trinajstić information content (AvgIpc) is 2.92. The molecule has 1 aromatic carbocycles. The molecule has 6 heteroatoms. The number of anilines is 1. The van der Waals surface area contributed by atoms with Gasteiger partial charge in [-0.05, 0) is 61.1 Å². The number of amides is 2. The van der Waals surface area contributed by atoms with Crippen LogP contribution >= 0.6 is 0 Å². The minimum atomic E-state index is -0.0759. The maximum Gasteiger partial charge on any atom is 0.246 e. The van der Waals surface area contributed by atoms with Gasteiger partial charge in [-0.15, -0.1) is 0 Å². The number of nitrogens with one attached hydrogen (secondary N) is 2. The predicted molar refractivity (Wildman–Crippen MR) is 119 cm³/mol. The van der Waals surface area contributed by atoms with E-state index in [0.717, 1.165) is 35.2 Å². The third kappa shape index (κ3) is 3.99. The monoisotopic (exact) mass is 402 g/mol. The number of nitrogens with zero attached hydrogens (tertiary/aromatic N) is 2. The molecule has 2 amide bonds. The molecule has 2 N–H and O–H groups in total. The average molecular weight is 402 g/mol. The van der Waals surface area contributed by atoms with Gasteiger partial charge in [0.25, 0.3) is 0 Å². The van der Waals surface area contributed by atoms with Crippen LogP contribution in [0.15, 0.2) is 36.5 Å². The molecule has 1 aliphatic rings. The van der Waals surface area contributed by atoms with E-state index >= 15 is 0 Å². The lowest BCUT2D eigenvalue weighted by Gasteiger charge is -2.15. The molecule has 6 nitrogen and oxygen atoms in total. The first kappa shape index (κ1) is 19.9. The number of carbonyl (C=O) groups excluding carboxylic acids is 2. The summed E-state index contributed by atoms with van der Waals surface area (Å²) < 4.78 is 0. The van der Waals surface area contributed by atoms with Crippen LogP contribution in [-0.4, -0.2) is 33.7 Å². The van der Waals surface area contributed by atoms with Gasteiger partial charge in [0.05, 0.1) is 6.54 Å². The molecule has 1 aliphatic heterocycles. The minimum Gasteiger partial charge on any atom is -0.356 e. The van der Waals surface area contributed by atoms with Crippen LogP contribution in [0, 0.1) is 13.8 Å². The van der Waals surface area contributed by atoms with E-state index < -0.39 is 0 Å². The second kappa shape index (κ2) is 8.14. The molecule has 3 aromatic rings. The van der Waals surface area contributed by atoms with E-state index in [-0.39, 0.29) is 11.8 Å². The van der Waals surface area contributed by atoms with Crippen LogP contribution in [-0.2, 0) is 22.6 Å². The van der Waals surface area contributed by atoms with Crippen LogP contribution in [0.4, 0.5) is 5.82 Å². The van der Waals surface area contributed by atoms with Crippen LogP contribution in [0.2, 0.25) is 0 Å². The third-order valence-electron chi connectivity index (χ3n) is 5.69. The number of rotatable bonds is 4. The second-order valence-electron chi connectivity index (χ2n) is 7.93. The molecule has 0 fully saturated rings. The molecular formula is C24H26N4O2. The molecule has 0 spiro atoms. The molecular weight excluding hydrogens is 376 g/mol. The topological polar surface area (TPSA) is 78.1 Å². The summed E-state index contributed by atoms with van der Waals surface area (Å²) >= 11 is 0. The number of aromatic amines is 1. The van der Waals surface area contributed by atoms with Gasteiger partial charge in [0.2, 0.25) is 11.8 Å². The molecule has 0 unspecified atom stereocenters. The number of para-hydroxylation sites is 1. The smallest absolute Gasteiger partial charge is 0.246 e. The highest BCUT2D eigenvalue weighted by atomic mass is 16.2. The van der Waals surface area contributed by atoms with Crippen molar-refractivity contribution in [3.63, 3.8) is 0 Å². The first-order valence-electron chi connectivity index (χ1n) is 10.2. The molecule has 0 radical (unpaired) electrons. The third-order valence-corrected chi connectivity index (χ3v) is 5.69. The first-order valence-corrected chi connectivity index (χ1v) is 10.2. The number of fused-ring (bicyclic) bond motifs is 2. The fourth-order valence-corrected chi connectivity index (χ4v) is 3.88. The van der Waals surface area contributed by atoms with Gasteiger partial charge in [-0.2, -0.15) is 0 Å². The number of H-pyrrole nitrogens is 1. The molecule has 2 aromatic heterocycles. The van der Waals surface area contributed by atoms with Gasteiger partial charge < -0.3 is 15.2 Å². The zero-order valence-corrected chi connectivity index (χ0v) is 17.6. The largest absolute Gasteiger partial charge is 0.356 e. The van der Waals surface area contributed by atoms with E-state index in [9.17, 15) is 9.59 Å². The van der Waals surface area contributed by atoms with E-state index in [1.807, 2.05) is 6.07 Å². The summed E-state index contributed by atoms with van der Waals surface area (Å²) in [5.41, 5.74) is 6.41.